The highest BCUT2D eigenvalue weighted by Gasteiger charge is 2.08. The fourth-order valence-corrected chi connectivity index (χ4v) is 3.07. The van der Waals surface area contributed by atoms with E-state index in [0.29, 0.717) is 12.1 Å². The van der Waals surface area contributed by atoms with Gasteiger partial charge in [-0.2, -0.15) is 0 Å². The molecule has 0 saturated heterocycles. The number of halogens is 1. The zero-order chi connectivity index (χ0) is 13.0. The molecule has 0 radical (unpaired) electrons. The molecule has 0 amide bonds. The molecule has 0 aliphatic carbocycles. The van der Waals surface area contributed by atoms with E-state index in [1.165, 1.54) is 4.88 Å². The number of rotatable bonds is 5. The summed E-state index contributed by atoms with van der Waals surface area (Å²) in [5.41, 5.74) is 1.16. The first-order chi connectivity index (χ1) is 8.66. The van der Waals surface area contributed by atoms with Gasteiger partial charge < -0.3 is 10.4 Å². The molecule has 0 atom stereocenters. The van der Waals surface area contributed by atoms with Gasteiger partial charge in [0, 0.05) is 27.8 Å². The molecule has 2 aromatic rings. The average Bonchev–Trinajstić information content (AvgIpc) is 2.75. The van der Waals surface area contributed by atoms with Crippen molar-refractivity contribution in [3.63, 3.8) is 0 Å². The van der Waals surface area contributed by atoms with Crippen molar-refractivity contribution in [2.24, 2.45) is 0 Å². The highest BCUT2D eigenvalue weighted by atomic mass is 79.9. The van der Waals surface area contributed by atoms with Crippen molar-refractivity contribution in [2.75, 3.05) is 0 Å². The Bertz CT molecular complexity index is 553. The molecule has 0 unspecified atom stereocenters. The van der Waals surface area contributed by atoms with E-state index in [4.69, 9.17) is 5.11 Å². The number of hydrogen-bond donors (Lipinski definition) is 2. The maximum atomic E-state index is 11.0. The van der Waals surface area contributed by atoms with Crippen LogP contribution in [0.25, 0.3) is 0 Å². The predicted molar refractivity (Wildman–Crippen MR) is 76.0 cm³/mol. The zero-order valence-corrected chi connectivity index (χ0v) is 11.9. The SMILES string of the molecule is O=C(O)c1ccccc1CNCc1cc(Br)cs1. The molecule has 0 spiro atoms. The summed E-state index contributed by atoms with van der Waals surface area (Å²) in [6.45, 7) is 1.29. The fraction of sp³-hybridized carbons (Fsp3) is 0.154. The summed E-state index contributed by atoms with van der Waals surface area (Å²) in [4.78, 5) is 12.2. The van der Waals surface area contributed by atoms with Crippen LogP contribution in [0.4, 0.5) is 0 Å². The zero-order valence-electron chi connectivity index (χ0n) is 9.52. The van der Waals surface area contributed by atoms with Gasteiger partial charge in [-0.25, -0.2) is 4.79 Å². The number of carboxylic acid groups (broad SMARTS) is 1. The van der Waals surface area contributed by atoms with Crippen LogP contribution >= 0.6 is 27.3 Å². The molecule has 0 aliphatic rings. The third-order valence-electron chi connectivity index (χ3n) is 2.48. The second-order valence-electron chi connectivity index (χ2n) is 3.80. The normalized spacial score (nSPS) is 10.5. The summed E-state index contributed by atoms with van der Waals surface area (Å²) >= 11 is 5.07. The van der Waals surface area contributed by atoms with Crippen LogP contribution in [0, 0.1) is 0 Å². The fourth-order valence-electron chi connectivity index (χ4n) is 1.65. The largest absolute Gasteiger partial charge is 0.478 e. The minimum atomic E-state index is -0.883. The Kier molecular flexibility index (Phi) is 4.52. The summed E-state index contributed by atoms with van der Waals surface area (Å²) in [7, 11) is 0. The van der Waals surface area contributed by atoms with E-state index >= 15 is 0 Å². The molecular formula is C13H12BrNO2S. The molecule has 3 nitrogen and oxygen atoms in total. The summed E-state index contributed by atoms with van der Waals surface area (Å²) in [5.74, 6) is -0.883. The van der Waals surface area contributed by atoms with Crippen LogP contribution in [0.2, 0.25) is 0 Å². The summed E-state index contributed by atoms with van der Waals surface area (Å²) in [6, 6.07) is 9.11. The van der Waals surface area contributed by atoms with Gasteiger partial charge in [-0.05, 0) is 33.6 Å². The second-order valence-corrected chi connectivity index (χ2v) is 5.71. The molecule has 18 heavy (non-hydrogen) atoms. The van der Waals surface area contributed by atoms with Crippen molar-refractivity contribution in [1.29, 1.82) is 0 Å². The Morgan fingerprint density at radius 3 is 2.78 bits per heavy atom. The average molecular weight is 326 g/mol. The Morgan fingerprint density at radius 1 is 1.33 bits per heavy atom. The molecule has 0 saturated carbocycles. The van der Waals surface area contributed by atoms with Crippen molar-refractivity contribution in [1.82, 2.24) is 5.32 Å². The lowest BCUT2D eigenvalue weighted by Gasteiger charge is -2.06. The maximum Gasteiger partial charge on any atom is 0.336 e. The monoisotopic (exact) mass is 325 g/mol. The molecule has 5 heteroatoms. The highest BCUT2D eigenvalue weighted by molar-refractivity contribution is 9.10. The second kappa shape index (κ2) is 6.13. The van der Waals surface area contributed by atoms with Gasteiger partial charge in [0.05, 0.1) is 5.56 Å². The van der Waals surface area contributed by atoms with E-state index in [1.54, 1.807) is 23.5 Å². The van der Waals surface area contributed by atoms with Crippen LogP contribution in [0.1, 0.15) is 20.8 Å². The first kappa shape index (κ1) is 13.3. The smallest absolute Gasteiger partial charge is 0.336 e. The number of carbonyl (C=O) groups is 1. The van der Waals surface area contributed by atoms with Crippen molar-refractivity contribution >= 4 is 33.2 Å². The lowest BCUT2D eigenvalue weighted by molar-refractivity contribution is 0.0695. The molecule has 1 aromatic carbocycles. The first-order valence-corrected chi connectivity index (χ1v) is 7.09. The van der Waals surface area contributed by atoms with Gasteiger partial charge in [-0.1, -0.05) is 18.2 Å². The minimum Gasteiger partial charge on any atom is -0.478 e. The van der Waals surface area contributed by atoms with Gasteiger partial charge in [-0.15, -0.1) is 11.3 Å². The topological polar surface area (TPSA) is 49.3 Å². The number of nitrogens with one attached hydrogen (secondary N) is 1. The first-order valence-electron chi connectivity index (χ1n) is 5.41. The predicted octanol–water partition coefficient (Wildman–Crippen LogP) is 3.50. The number of thiophene rings is 1. The molecule has 2 rings (SSSR count). The van der Waals surface area contributed by atoms with Crippen LogP contribution in [-0.2, 0) is 13.1 Å². The van der Waals surface area contributed by atoms with E-state index in [2.05, 4.69) is 27.3 Å². The van der Waals surface area contributed by atoms with Crippen molar-refractivity contribution < 1.29 is 9.90 Å². The summed E-state index contributed by atoms with van der Waals surface area (Å²) in [6.07, 6.45) is 0. The van der Waals surface area contributed by atoms with E-state index in [1.807, 2.05) is 17.5 Å². The lowest BCUT2D eigenvalue weighted by atomic mass is 10.1. The van der Waals surface area contributed by atoms with Crippen LogP contribution in [0.3, 0.4) is 0 Å². The van der Waals surface area contributed by atoms with Gasteiger partial charge in [0.15, 0.2) is 0 Å². The third kappa shape index (κ3) is 3.41. The van der Waals surface area contributed by atoms with Gasteiger partial charge in [-0.3, -0.25) is 0 Å². The highest BCUT2D eigenvalue weighted by Crippen LogP contribution is 2.19. The van der Waals surface area contributed by atoms with Crippen molar-refractivity contribution in [3.8, 4) is 0 Å². The van der Waals surface area contributed by atoms with E-state index in [-0.39, 0.29) is 0 Å². The molecule has 94 valence electrons. The lowest BCUT2D eigenvalue weighted by Crippen LogP contribution is -2.14. The van der Waals surface area contributed by atoms with E-state index < -0.39 is 5.97 Å². The number of benzene rings is 1. The molecular weight excluding hydrogens is 314 g/mol. The van der Waals surface area contributed by atoms with Gasteiger partial charge in [0.1, 0.15) is 0 Å². The maximum absolute atomic E-state index is 11.0. The third-order valence-corrected chi connectivity index (χ3v) is 4.18. The Balaban J connectivity index is 1.96. The van der Waals surface area contributed by atoms with E-state index in [9.17, 15) is 4.79 Å². The molecule has 1 heterocycles. The number of hydrogen-bond acceptors (Lipinski definition) is 3. The van der Waals surface area contributed by atoms with Crippen molar-refractivity contribution in [3.05, 3.63) is 56.2 Å². The van der Waals surface area contributed by atoms with E-state index in [0.717, 1.165) is 16.6 Å². The number of carboxylic acids is 1. The van der Waals surface area contributed by atoms with Gasteiger partial charge in [0.25, 0.3) is 0 Å². The Labute approximate surface area is 118 Å². The Hall–Kier alpha value is -1.17. The molecule has 0 aliphatic heterocycles. The molecule has 0 fully saturated rings. The summed E-state index contributed by atoms with van der Waals surface area (Å²) < 4.78 is 1.08. The molecule has 0 bridgehead atoms. The number of aromatic carboxylic acids is 1. The van der Waals surface area contributed by atoms with Gasteiger partial charge >= 0.3 is 5.97 Å². The minimum absolute atomic E-state index is 0.359. The van der Waals surface area contributed by atoms with Crippen LogP contribution < -0.4 is 5.32 Å². The standard InChI is InChI=1S/C13H12BrNO2S/c14-10-5-11(18-8-10)7-15-6-9-3-1-2-4-12(9)13(16)17/h1-5,8,15H,6-7H2,(H,16,17). The van der Waals surface area contributed by atoms with Crippen LogP contribution in [0.15, 0.2) is 40.2 Å². The quantitative estimate of drug-likeness (QED) is 0.884. The van der Waals surface area contributed by atoms with Crippen molar-refractivity contribution in [2.45, 2.75) is 13.1 Å². The van der Waals surface area contributed by atoms with Crippen LogP contribution in [-0.4, -0.2) is 11.1 Å². The van der Waals surface area contributed by atoms with Gasteiger partial charge in [0.2, 0.25) is 0 Å². The molecule has 1 aromatic heterocycles. The van der Waals surface area contributed by atoms with Crippen LogP contribution in [0.5, 0.6) is 0 Å². The Morgan fingerprint density at radius 2 is 2.11 bits per heavy atom. The summed E-state index contributed by atoms with van der Waals surface area (Å²) in [5, 5.41) is 14.3. The molecule has 2 N–H and O–H groups in total.